The van der Waals surface area contributed by atoms with Gasteiger partial charge in [-0.3, -0.25) is 4.79 Å². The Balaban J connectivity index is 1.66. The average molecular weight is 329 g/mol. The van der Waals surface area contributed by atoms with E-state index in [1.807, 2.05) is 25.1 Å². The molecule has 2 heterocycles. The van der Waals surface area contributed by atoms with Gasteiger partial charge < -0.3 is 19.5 Å². The van der Waals surface area contributed by atoms with E-state index in [-0.39, 0.29) is 17.9 Å². The van der Waals surface area contributed by atoms with Gasteiger partial charge in [-0.1, -0.05) is 5.92 Å². The summed E-state index contributed by atoms with van der Waals surface area (Å²) in [6, 6.07) is 5.61. The van der Waals surface area contributed by atoms with Gasteiger partial charge in [0.1, 0.15) is 11.5 Å². The number of hydrogen-bond acceptors (Lipinski definition) is 4. The molecule has 0 bridgehead atoms. The first-order valence-corrected chi connectivity index (χ1v) is 8.55. The monoisotopic (exact) mass is 329 g/mol. The minimum Gasteiger partial charge on any atom is -0.494 e. The van der Waals surface area contributed by atoms with E-state index >= 15 is 0 Å². The summed E-state index contributed by atoms with van der Waals surface area (Å²) < 4.78 is 16.6. The summed E-state index contributed by atoms with van der Waals surface area (Å²) in [6.07, 6.45) is 2.73. The smallest absolute Gasteiger partial charge is 0.296 e. The summed E-state index contributed by atoms with van der Waals surface area (Å²) >= 11 is 0. The van der Waals surface area contributed by atoms with Crippen molar-refractivity contribution in [3.63, 3.8) is 0 Å². The highest BCUT2D eigenvalue weighted by atomic mass is 16.5. The lowest BCUT2D eigenvalue weighted by molar-refractivity contribution is -0.116. The van der Waals surface area contributed by atoms with Crippen LogP contribution in [0.15, 0.2) is 18.2 Å². The third-order valence-corrected chi connectivity index (χ3v) is 4.19. The number of nitrogens with one attached hydrogen (secondary N) is 1. The van der Waals surface area contributed by atoms with Gasteiger partial charge in [0.2, 0.25) is 0 Å². The molecule has 0 aliphatic carbocycles. The van der Waals surface area contributed by atoms with Crippen LogP contribution in [0.5, 0.6) is 11.5 Å². The molecule has 1 amide bonds. The van der Waals surface area contributed by atoms with Crippen LogP contribution >= 0.6 is 0 Å². The first-order chi connectivity index (χ1) is 11.8. The lowest BCUT2D eigenvalue weighted by Gasteiger charge is -2.26. The van der Waals surface area contributed by atoms with E-state index in [1.165, 1.54) is 0 Å². The van der Waals surface area contributed by atoms with E-state index in [4.69, 9.17) is 14.2 Å². The van der Waals surface area contributed by atoms with E-state index in [1.54, 1.807) is 0 Å². The maximum Gasteiger partial charge on any atom is 0.296 e. The van der Waals surface area contributed by atoms with E-state index in [2.05, 4.69) is 17.2 Å². The first kappa shape index (κ1) is 16.7. The largest absolute Gasteiger partial charge is 0.494 e. The average Bonchev–Trinajstić information content (AvgIpc) is 2.62. The van der Waals surface area contributed by atoms with Gasteiger partial charge in [-0.2, -0.15) is 0 Å². The lowest BCUT2D eigenvalue weighted by atomic mass is 10.00. The Bertz CT molecular complexity index is 641. The molecule has 1 aromatic rings. The van der Waals surface area contributed by atoms with Gasteiger partial charge in [0, 0.05) is 24.5 Å². The molecule has 2 aliphatic rings. The molecule has 24 heavy (non-hydrogen) atoms. The fraction of sp³-hybridized carbons (Fsp3) is 0.526. The quantitative estimate of drug-likeness (QED) is 0.866. The highest BCUT2D eigenvalue weighted by molar-refractivity contribution is 5.93. The number of fused-ring (bicyclic) bond motifs is 1. The van der Waals surface area contributed by atoms with Gasteiger partial charge in [0.05, 0.1) is 25.9 Å². The molecule has 0 spiro atoms. The van der Waals surface area contributed by atoms with Crippen LogP contribution in [0.2, 0.25) is 0 Å². The maximum absolute atomic E-state index is 12.2. The predicted molar refractivity (Wildman–Crippen MR) is 89.9 cm³/mol. The van der Waals surface area contributed by atoms with Crippen molar-refractivity contribution in [2.45, 2.75) is 32.2 Å². The molecular formula is C19H23NO4. The molecule has 5 nitrogen and oxygen atoms in total. The Kier molecular flexibility index (Phi) is 5.60. The van der Waals surface area contributed by atoms with Crippen molar-refractivity contribution >= 4 is 5.91 Å². The lowest BCUT2D eigenvalue weighted by Crippen LogP contribution is -2.31. The van der Waals surface area contributed by atoms with Gasteiger partial charge in [0.25, 0.3) is 5.91 Å². The van der Waals surface area contributed by atoms with E-state index in [0.29, 0.717) is 19.8 Å². The van der Waals surface area contributed by atoms with Gasteiger partial charge >= 0.3 is 0 Å². The van der Waals surface area contributed by atoms with Gasteiger partial charge in [-0.15, -0.1) is 0 Å². The van der Waals surface area contributed by atoms with Crippen LogP contribution < -0.4 is 14.8 Å². The van der Waals surface area contributed by atoms with E-state index in [9.17, 15) is 4.79 Å². The van der Waals surface area contributed by atoms with Gasteiger partial charge in [0.15, 0.2) is 0 Å². The summed E-state index contributed by atoms with van der Waals surface area (Å²) in [5.41, 5.74) is 0.948. The molecule has 1 N–H and O–H groups in total. The Labute approximate surface area is 142 Å². The Hall–Kier alpha value is -2.19. The van der Waals surface area contributed by atoms with Crippen molar-refractivity contribution in [3.8, 4) is 23.3 Å². The fourth-order valence-electron chi connectivity index (χ4n) is 3.00. The molecular weight excluding hydrogens is 306 g/mol. The van der Waals surface area contributed by atoms with Crippen molar-refractivity contribution in [3.05, 3.63) is 23.8 Å². The van der Waals surface area contributed by atoms with Crippen molar-refractivity contribution in [2.75, 3.05) is 26.4 Å². The number of amides is 1. The number of carbonyl (C=O) groups is 1. The normalized spacial score (nSPS) is 22.4. The van der Waals surface area contributed by atoms with Gasteiger partial charge in [-0.05, 0) is 43.9 Å². The Morgan fingerprint density at radius 2 is 2.29 bits per heavy atom. The van der Waals surface area contributed by atoms with Gasteiger partial charge in [-0.25, -0.2) is 0 Å². The number of ether oxygens (including phenoxy) is 3. The molecule has 0 saturated carbocycles. The molecule has 2 aliphatic heterocycles. The maximum atomic E-state index is 12.2. The van der Waals surface area contributed by atoms with Crippen molar-refractivity contribution in [2.24, 2.45) is 5.92 Å². The van der Waals surface area contributed by atoms with E-state index in [0.717, 1.165) is 42.9 Å². The molecule has 2 unspecified atom stereocenters. The molecule has 3 rings (SSSR count). The third kappa shape index (κ3) is 4.21. The second-order valence-electron chi connectivity index (χ2n) is 5.98. The molecule has 2 atom stereocenters. The zero-order valence-electron chi connectivity index (χ0n) is 14.0. The number of hydrogen-bond donors (Lipinski definition) is 1. The molecule has 1 aromatic carbocycles. The number of rotatable bonds is 3. The Morgan fingerprint density at radius 3 is 3.08 bits per heavy atom. The zero-order valence-corrected chi connectivity index (χ0v) is 14.0. The fourth-order valence-corrected chi connectivity index (χ4v) is 3.00. The highest BCUT2D eigenvalue weighted by Crippen LogP contribution is 2.34. The first-order valence-electron chi connectivity index (χ1n) is 8.55. The molecule has 0 radical (unpaired) electrons. The second kappa shape index (κ2) is 8.07. The summed E-state index contributed by atoms with van der Waals surface area (Å²) in [5, 5.41) is 3.00. The molecule has 128 valence electrons. The summed E-state index contributed by atoms with van der Waals surface area (Å²) in [5.74, 6) is 7.23. The molecule has 5 heteroatoms. The van der Waals surface area contributed by atoms with E-state index < -0.39 is 0 Å². The van der Waals surface area contributed by atoms with Crippen LogP contribution in [0, 0.1) is 17.8 Å². The minimum absolute atomic E-state index is 0.0986. The summed E-state index contributed by atoms with van der Waals surface area (Å²) in [6.45, 7) is 4.55. The van der Waals surface area contributed by atoms with Crippen LogP contribution in [-0.4, -0.2) is 32.3 Å². The highest BCUT2D eigenvalue weighted by Gasteiger charge is 2.23. The minimum atomic E-state index is -0.250. The van der Waals surface area contributed by atoms with Crippen LogP contribution in [0.4, 0.5) is 0 Å². The van der Waals surface area contributed by atoms with Crippen LogP contribution in [0.25, 0.3) is 0 Å². The van der Waals surface area contributed by atoms with Crippen LogP contribution in [-0.2, 0) is 9.53 Å². The number of benzene rings is 1. The Morgan fingerprint density at radius 1 is 1.38 bits per heavy atom. The van der Waals surface area contributed by atoms with Crippen molar-refractivity contribution in [1.82, 2.24) is 5.32 Å². The van der Waals surface area contributed by atoms with Crippen molar-refractivity contribution in [1.29, 1.82) is 0 Å². The van der Waals surface area contributed by atoms with Crippen LogP contribution in [0.1, 0.15) is 37.8 Å². The molecule has 1 fully saturated rings. The SMILES string of the molecule is CCOc1ccc2c(c1)C(NC(=O)C#CC1CCCOC1)CCO2. The summed E-state index contributed by atoms with van der Waals surface area (Å²) in [4.78, 5) is 12.2. The summed E-state index contributed by atoms with van der Waals surface area (Å²) in [7, 11) is 0. The third-order valence-electron chi connectivity index (χ3n) is 4.19. The predicted octanol–water partition coefficient (Wildman–Crippen LogP) is 2.46. The second-order valence-corrected chi connectivity index (χ2v) is 5.98. The molecule has 0 aromatic heterocycles. The standard InChI is InChI=1S/C19H23NO4/c1-2-23-15-6-7-18-16(12-15)17(9-11-24-18)20-19(21)8-5-14-4-3-10-22-13-14/h6-7,12,14,17H,2-4,9-11,13H2,1H3,(H,20,21). The number of carbonyl (C=O) groups excluding carboxylic acids is 1. The topological polar surface area (TPSA) is 56.8 Å². The van der Waals surface area contributed by atoms with Crippen LogP contribution in [0.3, 0.4) is 0 Å². The van der Waals surface area contributed by atoms with Crippen molar-refractivity contribution < 1.29 is 19.0 Å². The molecule has 1 saturated heterocycles. The zero-order chi connectivity index (χ0) is 16.8.